The summed E-state index contributed by atoms with van der Waals surface area (Å²) < 4.78 is 6.46. The first-order valence-electron chi connectivity index (χ1n) is 7.93. The van der Waals surface area contributed by atoms with Crippen molar-refractivity contribution in [1.29, 1.82) is 0 Å². The van der Waals surface area contributed by atoms with E-state index in [9.17, 15) is 0 Å². The van der Waals surface area contributed by atoms with Crippen molar-refractivity contribution in [2.45, 2.75) is 65.7 Å². The fourth-order valence-corrected chi connectivity index (χ4v) is 5.60. The zero-order valence-corrected chi connectivity index (χ0v) is 15.9. The molecule has 21 heavy (non-hydrogen) atoms. The minimum atomic E-state index is -0.578. The van der Waals surface area contributed by atoms with Crippen molar-refractivity contribution in [3.8, 4) is 5.75 Å². The Morgan fingerprint density at radius 2 is 1.48 bits per heavy atom. The number of anilines is 1. The van der Waals surface area contributed by atoms with Crippen molar-refractivity contribution < 1.29 is 4.52 Å². The van der Waals surface area contributed by atoms with Crippen molar-refractivity contribution >= 4 is 13.8 Å². The van der Waals surface area contributed by atoms with Crippen LogP contribution in [0.15, 0.2) is 24.3 Å². The van der Waals surface area contributed by atoms with Gasteiger partial charge < -0.3 is 9.42 Å². The lowest BCUT2D eigenvalue weighted by Gasteiger charge is -2.39. The molecule has 0 saturated carbocycles. The first-order chi connectivity index (χ1) is 9.59. The third-order valence-corrected chi connectivity index (χ3v) is 6.19. The van der Waals surface area contributed by atoms with Gasteiger partial charge in [0.05, 0.1) is 8.15 Å². The van der Waals surface area contributed by atoms with E-state index in [2.05, 4.69) is 84.6 Å². The Labute approximate surface area is 132 Å². The average Bonchev–Trinajstić information content (AvgIpc) is 2.35. The fourth-order valence-electron chi connectivity index (χ4n) is 2.71. The van der Waals surface area contributed by atoms with Crippen LogP contribution in [-0.2, 0) is 0 Å². The van der Waals surface area contributed by atoms with Gasteiger partial charge in [-0.25, -0.2) is 0 Å². The van der Waals surface area contributed by atoms with Crippen LogP contribution >= 0.6 is 8.15 Å². The second-order valence-electron chi connectivity index (χ2n) is 7.40. The van der Waals surface area contributed by atoms with E-state index in [1.165, 1.54) is 5.69 Å². The lowest BCUT2D eigenvalue weighted by atomic mass is 10.2. The number of rotatable bonds is 5. The molecule has 0 aliphatic heterocycles. The first-order valence-corrected chi connectivity index (χ1v) is 9.19. The molecule has 0 atom stereocenters. The molecule has 3 heteroatoms. The van der Waals surface area contributed by atoms with Gasteiger partial charge in [-0.15, -0.1) is 0 Å². The predicted molar refractivity (Wildman–Crippen MR) is 97.1 cm³/mol. The minimum Gasteiger partial charge on any atom is -0.473 e. The summed E-state index contributed by atoms with van der Waals surface area (Å²) in [4.78, 5) is 2.35. The molecule has 0 unspecified atom stereocenters. The maximum atomic E-state index is 6.46. The lowest BCUT2D eigenvalue weighted by molar-refractivity contribution is 0.533. The maximum Gasteiger partial charge on any atom is 0.125 e. The molecule has 0 bridgehead atoms. The third kappa shape index (κ3) is 5.18. The van der Waals surface area contributed by atoms with Gasteiger partial charge in [0.2, 0.25) is 0 Å². The van der Waals surface area contributed by atoms with Gasteiger partial charge in [0.25, 0.3) is 0 Å². The van der Waals surface area contributed by atoms with Crippen LogP contribution in [0.3, 0.4) is 0 Å². The zero-order valence-electron chi connectivity index (χ0n) is 15.0. The van der Waals surface area contributed by atoms with E-state index in [4.69, 9.17) is 4.52 Å². The summed E-state index contributed by atoms with van der Waals surface area (Å²) in [6.07, 6.45) is 0. The lowest BCUT2D eigenvalue weighted by Crippen LogP contribution is -2.27. The molecule has 120 valence electrons. The van der Waals surface area contributed by atoms with Crippen LogP contribution in [0.5, 0.6) is 5.75 Å². The molecule has 0 spiro atoms. The molecule has 0 N–H and O–H groups in total. The van der Waals surface area contributed by atoms with Crippen LogP contribution < -0.4 is 9.42 Å². The van der Waals surface area contributed by atoms with Gasteiger partial charge in [-0.3, -0.25) is 0 Å². The smallest absolute Gasteiger partial charge is 0.125 e. The van der Waals surface area contributed by atoms with E-state index in [0.29, 0.717) is 0 Å². The van der Waals surface area contributed by atoms with E-state index < -0.39 is 8.15 Å². The van der Waals surface area contributed by atoms with Crippen LogP contribution in [0.4, 0.5) is 5.69 Å². The molecule has 1 aromatic rings. The molecule has 1 aromatic carbocycles. The zero-order chi connectivity index (χ0) is 16.3. The molecule has 0 radical (unpaired) electrons. The van der Waals surface area contributed by atoms with Crippen molar-refractivity contribution in [3.05, 3.63) is 24.3 Å². The Kier molecular flexibility index (Phi) is 6.11. The fraction of sp³-hybridized carbons (Fsp3) is 0.667. The van der Waals surface area contributed by atoms with Crippen LogP contribution in [0.2, 0.25) is 0 Å². The Bertz CT molecular complexity index is 427. The van der Waals surface area contributed by atoms with Crippen molar-refractivity contribution in [1.82, 2.24) is 0 Å². The average molecular weight is 309 g/mol. The van der Waals surface area contributed by atoms with Gasteiger partial charge in [-0.2, -0.15) is 0 Å². The van der Waals surface area contributed by atoms with Gasteiger partial charge in [0.1, 0.15) is 5.75 Å². The van der Waals surface area contributed by atoms with Crippen LogP contribution in [0, 0.1) is 0 Å². The molecule has 2 nitrogen and oxygen atoms in total. The maximum absolute atomic E-state index is 6.46. The standard InChI is InChI=1S/C18H32NOP/c1-9-19(10-2)15-12-11-13-16(14-15)20-21(17(3,4)5)18(6,7)8/h11-14H,9-10H2,1-8H3. The van der Waals surface area contributed by atoms with Crippen molar-refractivity contribution in [3.63, 3.8) is 0 Å². The number of benzene rings is 1. The van der Waals surface area contributed by atoms with Gasteiger partial charge in [-0.05, 0) is 26.0 Å². The molecule has 0 heterocycles. The number of hydrogen-bond acceptors (Lipinski definition) is 2. The first kappa shape index (κ1) is 18.3. The summed E-state index contributed by atoms with van der Waals surface area (Å²) in [5.41, 5.74) is 1.25. The Balaban J connectivity index is 3.03. The van der Waals surface area contributed by atoms with Gasteiger partial charge >= 0.3 is 0 Å². The van der Waals surface area contributed by atoms with E-state index in [1.807, 2.05) is 0 Å². The van der Waals surface area contributed by atoms with Crippen molar-refractivity contribution in [2.24, 2.45) is 0 Å². The molecular weight excluding hydrogens is 277 g/mol. The monoisotopic (exact) mass is 309 g/mol. The predicted octanol–water partition coefficient (Wildman–Crippen LogP) is 5.91. The molecule has 1 rings (SSSR count). The van der Waals surface area contributed by atoms with Crippen LogP contribution in [-0.4, -0.2) is 23.4 Å². The molecule has 0 aliphatic carbocycles. The highest BCUT2D eigenvalue weighted by Gasteiger charge is 2.37. The Morgan fingerprint density at radius 1 is 0.952 bits per heavy atom. The number of nitrogens with zero attached hydrogens (tertiary/aromatic N) is 1. The van der Waals surface area contributed by atoms with E-state index in [0.717, 1.165) is 18.8 Å². The summed E-state index contributed by atoms with van der Waals surface area (Å²) in [6, 6.07) is 8.53. The van der Waals surface area contributed by atoms with E-state index in [-0.39, 0.29) is 10.3 Å². The largest absolute Gasteiger partial charge is 0.473 e. The van der Waals surface area contributed by atoms with Gasteiger partial charge in [0.15, 0.2) is 0 Å². The molecule has 0 aromatic heterocycles. The van der Waals surface area contributed by atoms with Crippen LogP contribution in [0.25, 0.3) is 0 Å². The van der Waals surface area contributed by atoms with Gasteiger partial charge in [-0.1, -0.05) is 47.6 Å². The summed E-state index contributed by atoms with van der Waals surface area (Å²) in [5.74, 6) is 0.996. The second kappa shape index (κ2) is 7.01. The Morgan fingerprint density at radius 3 is 1.90 bits per heavy atom. The topological polar surface area (TPSA) is 12.5 Å². The summed E-state index contributed by atoms with van der Waals surface area (Å²) >= 11 is 0. The molecule has 0 fully saturated rings. The minimum absolute atomic E-state index is 0.165. The number of hydrogen-bond donors (Lipinski definition) is 0. The third-order valence-electron chi connectivity index (χ3n) is 3.36. The summed E-state index contributed by atoms with van der Waals surface area (Å²) in [7, 11) is -0.578. The summed E-state index contributed by atoms with van der Waals surface area (Å²) in [5, 5.41) is 0.331. The molecule has 0 aliphatic rings. The van der Waals surface area contributed by atoms with E-state index in [1.54, 1.807) is 0 Å². The molecular formula is C18H32NOP. The SMILES string of the molecule is CCN(CC)c1cccc(OP(C(C)(C)C)C(C)(C)C)c1. The van der Waals surface area contributed by atoms with E-state index >= 15 is 0 Å². The molecule has 0 saturated heterocycles. The van der Waals surface area contributed by atoms with Crippen LogP contribution in [0.1, 0.15) is 55.4 Å². The highest BCUT2D eigenvalue weighted by atomic mass is 31.1. The highest BCUT2D eigenvalue weighted by Crippen LogP contribution is 2.59. The quantitative estimate of drug-likeness (QED) is 0.627. The Hall–Kier alpha value is -0.750. The second-order valence-corrected chi connectivity index (χ2v) is 10.9. The van der Waals surface area contributed by atoms with Crippen molar-refractivity contribution in [2.75, 3.05) is 18.0 Å². The summed E-state index contributed by atoms with van der Waals surface area (Å²) in [6.45, 7) is 20.1. The highest BCUT2D eigenvalue weighted by molar-refractivity contribution is 7.56. The normalized spacial score (nSPS) is 12.6. The van der Waals surface area contributed by atoms with Gasteiger partial charge in [0, 0.05) is 35.2 Å². The molecule has 0 amide bonds.